The quantitative estimate of drug-likeness (QED) is 0.657. The summed E-state index contributed by atoms with van der Waals surface area (Å²) in [7, 11) is 1.86. The van der Waals surface area contributed by atoms with Crippen LogP contribution in [0.25, 0.3) is 0 Å². The van der Waals surface area contributed by atoms with E-state index in [2.05, 4.69) is 10.2 Å². The summed E-state index contributed by atoms with van der Waals surface area (Å²) in [5, 5.41) is 16.4. The Morgan fingerprint density at radius 1 is 1.53 bits per heavy atom. The highest BCUT2D eigenvalue weighted by atomic mass is 35.5. The van der Waals surface area contributed by atoms with Crippen LogP contribution >= 0.6 is 23.4 Å². The summed E-state index contributed by atoms with van der Waals surface area (Å²) >= 11 is 7.53. The Labute approximate surface area is 107 Å². The van der Waals surface area contributed by atoms with Crippen LogP contribution in [0.1, 0.15) is 5.56 Å². The number of benzene rings is 1. The average molecular weight is 268 g/mol. The third-order valence-electron chi connectivity index (χ3n) is 2.11. The van der Waals surface area contributed by atoms with Crippen LogP contribution in [0.2, 0.25) is 5.02 Å². The van der Waals surface area contributed by atoms with Crippen LogP contribution in [0.3, 0.4) is 0 Å². The number of nitrogens with two attached hydrogens (primary N) is 1. The van der Waals surface area contributed by atoms with Gasteiger partial charge in [0.1, 0.15) is 12.2 Å². The molecule has 0 saturated heterocycles. The molecule has 1 aromatic carbocycles. The molecule has 0 spiro atoms. The second-order valence-corrected chi connectivity index (χ2v) is 4.80. The number of nitrogens with one attached hydrogen (secondary N) is 1. The van der Waals surface area contributed by atoms with Gasteiger partial charge in [0.2, 0.25) is 0 Å². The van der Waals surface area contributed by atoms with E-state index < -0.39 is 0 Å². The SMILES string of the molecule is Cn1cnnc1Sc1ccc(C(=N)N)cc1Cl. The second-order valence-electron chi connectivity index (χ2n) is 3.39. The van der Waals surface area contributed by atoms with E-state index in [1.165, 1.54) is 11.8 Å². The molecule has 0 fully saturated rings. The molecule has 0 radical (unpaired) electrons. The van der Waals surface area contributed by atoms with E-state index in [0.717, 1.165) is 10.1 Å². The van der Waals surface area contributed by atoms with Crippen molar-refractivity contribution in [2.45, 2.75) is 10.1 Å². The topological polar surface area (TPSA) is 80.6 Å². The van der Waals surface area contributed by atoms with E-state index in [0.29, 0.717) is 10.6 Å². The standard InChI is InChI=1S/C10H10ClN5S/c1-16-5-14-15-10(16)17-8-3-2-6(9(12)13)4-7(8)11/h2-5H,1H3,(H3,12,13). The van der Waals surface area contributed by atoms with Gasteiger partial charge in [0, 0.05) is 17.5 Å². The molecule has 0 amide bonds. The fourth-order valence-electron chi connectivity index (χ4n) is 1.21. The van der Waals surface area contributed by atoms with E-state index in [-0.39, 0.29) is 5.84 Å². The van der Waals surface area contributed by atoms with Crippen LogP contribution in [0, 0.1) is 5.41 Å². The van der Waals surface area contributed by atoms with Crippen molar-refractivity contribution in [3.05, 3.63) is 35.1 Å². The summed E-state index contributed by atoms with van der Waals surface area (Å²) in [5.74, 6) is 0.00195. The molecule has 0 atom stereocenters. The molecule has 2 aromatic rings. The van der Waals surface area contributed by atoms with E-state index >= 15 is 0 Å². The molecular formula is C10H10ClN5S. The highest BCUT2D eigenvalue weighted by Gasteiger charge is 2.08. The third kappa shape index (κ3) is 2.59. The van der Waals surface area contributed by atoms with E-state index in [9.17, 15) is 0 Å². The Hall–Kier alpha value is -1.53. The summed E-state index contributed by atoms with van der Waals surface area (Å²) < 4.78 is 1.81. The molecule has 1 aromatic heterocycles. The molecule has 3 N–H and O–H groups in total. The Morgan fingerprint density at radius 2 is 2.29 bits per heavy atom. The Morgan fingerprint density at radius 3 is 2.82 bits per heavy atom. The smallest absolute Gasteiger partial charge is 0.195 e. The maximum absolute atomic E-state index is 7.32. The van der Waals surface area contributed by atoms with Crippen molar-refractivity contribution < 1.29 is 0 Å². The number of hydrogen-bond donors (Lipinski definition) is 2. The van der Waals surface area contributed by atoms with E-state index in [4.69, 9.17) is 22.7 Å². The summed E-state index contributed by atoms with van der Waals surface area (Å²) in [5.41, 5.74) is 5.99. The largest absolute Gasteiger partial charge is 0.384 e. The van der Waals surface area contributed by atoms with Gasteiger partial charge in [-0.05, 0) is 23.9 Å². The number of nitrogens with zero attached hydrogens (tertiary/aromatic N) is 3. The summed E-state index contributed by atoms with van der Waals surface area (Å²) in [6, 6.07) is 5.24. The number of amidine groups is 1. The lowest BCUT2D eigenvalue weighted by atomic mass is 10.2. The molecule has 0 aliphatic rings. The molecule has 0 bridgehead atoms. The first kappa shape index (κ1) is 11.9. The Balaban J connectivity index is 2.29. The maximum Gasteiger partial charge on any atom is 0.195 e. The predicted molar refractivity (Wildman–Crippen MR) is 67.6 cm³/mol. The Kier molecular flexibility index (Phi) is 3.35. The van der Waals surface area contributed by atoms with E-state index in [1.807, 2.05) is 13.1 Å². The second kappa shape index (κ2) is 4.77. The Bertz CT molecular complexity index is 566. The van der Waals surface area contributed by atoms with Gasteiger partial charge < -0.3 is 10.3 Å². The van der Waals surface area contributed by atoms with Gasteiger partial charge in [-0.3, -0.25) is 5.41 Å². The monoisotopic (exact) mass is 267 g/mol. The van der Waals surface area contributed by atoms with Crippen LogP contribution in [-0.4, -0.2) is 20.6 Å². The van der Waals surface area contributed by atoms with Crippen molar-refractivity contribution in [3.8, 4) is 0 Å². The molecule has 0 saturated carbocycles. The minimum atomic E-state index is 0.00195. The lowest BCUT2D eigenvalue weighted by Gasteiger charge is -2.05. The average Bonchev–Trinajstić information content (AvgIpc) is 2.67. The molecule has 88 valence electrons. The van der Waals surface area contributed by atoms with Gasteiger partial charge >= 0.3 is 0 Å². The van der Waals surface area contributed by atoms with Crippen LogP contribution in [0.5, 0.6) is 0 Å². The van der Waals surface area contributed by atoms with Crippen LogP contribution in [-0.2, 0) is 7.05 Å². The van der Waals surface area contributed by atoms with Gasteiger partial charge in [0.25, 0.3) is 0 Å². The van der Waals surface area contributed by atoms with Crippen LogP contribution < -0.4 is 5.73 Å². The molecule has 0 aliphatic heterocycles. The van der Waals surface area contributed by atoms with Crippen molar-refractivity contribution in [3.63, 3.8) is 0 Å². The molecule has 2 rings (SSSR count). The first-order valence-corrected chi connectivity index (χ1v) is 5.93. The summed E-state index contributed by atoms with van der Waals surface area (Å²) in [6.45, 7) is 0. The lowest BCUT2D eigenvalue weighted by Crippen LogP contribution is -2.10. The van der Waals surface area contributed by atoms with Crippen LogP contribution in [0.4, 0.5) is 0 Å². The number of aryl methyl sites for hydroxylation is 1. The van der Waals surface area contributed by atoms with Gasteiger partial charge in [-0.15, -0.1) is 10.2 Å². The molecule has 5 nitrogen and oxygen atoms in total. The summed E-state index contributed by atoms with van der Waals surface area (Å²) in [6.07, 6.45) is 1.63. The third-order valence-corrected chi connectivity index (χ3v) is 3.67. The molecule has 7 heteroatoms. The van der Waals surface area contributed by atoms with E-state index in [1.54, 1.807) is 23.0 Å². The molecule has 0 unspecified atom stereocenters. The predicted octanol–water partition coefficient (Wildman–Crippen LogP) is 1.90. The van der Waals surface area contributed by atoms with Crippen molar-refractivity contribution in [2.24, 2.45) is 12.8 Å². The molecule has 1 heterocycles. The highest BCUT2D eigenvalue weighted by molar-refractivity contribution is 7.99. The number of aromatic nitrogens is 3. The van der Waals surface area contributed by atoms with Gasteiger partial charge in [-0.1, -0.05) is 17.7 Å². The summed E-state index contributed by atoms with van der Waals surface area (Å²) in [4.78, 5) is 0.854. The van der Waals surface area contributed by atoms with Crippen LogP contribution in [0.15, 0.2) is 34.6 Å². The van der Waals surface area contributed by atoms with Gasteiger partial charge in [-0.25, -0.2) is 0 Å². The minimum Gasteiger partial charge on any atom is -0.384 e. The zero-order chi connectivity index (χ0) is 12.4. The van der Waals surface area contributed by atoms with Gasteiger partial charge in [0.15, 0.2) is 5.16 Å². The number of hydrogen-bond acceptors (Lipinski definition) is 4. The fraction of sp³-hybridized carbons (Fsp3) is 0.100. The highest BCUT2D eigenvalue weighted by Crippen LogP contribution is 2.32. The van der Waals surface area contributed by atoms with Gasteiger partial charge in [-0.2, -0.15) is 0 Å². The van der Waals surface area contributed by atoms with Crippen molar-refractivity contribution in [1.29, 1.82) is 5.41 Å². The fourth-order valence-corrected chi connectivity index (χ4v) is 2.28. The lowest BCUT2D eigenvalue weighted by molar-refractivity contribution is 0.788. The molecule has 17 heavy (non-hydrogen) atoms. The van der Waals surface area contributed by atoms with Crippen molar-refractivity contribution >= 4 is 29.2 Å². The molecule has 0 aliphatic carbocycles. The van der Waals surface area contributed by atoms with Gasteiger partial charge in [0.05, 0.1) is 5.02 Å². The first-order chi connectivity index (χ1) is 8.08. The number of halogens is 1. The van der Waals surface area contributed by atoms with Crippen molar-refractivity contribution in [1.82, 2.24) is 14.8 Å². The number of rotatable bonds is 3. The normalized spacial score (nSPS) is 10.5. The van der Waals surface area contributed by atoms with Crippen molar-refractivity contribution in [2.75, 3.05) is 0 Å². The first-order valence-electron chi connectivity index (χ1n) is 4.73. The number of nitrogen functional groups attached to an aromatic ring is 1. The maximum atomic E-state index is 7.32. The minimum absolute atomic E-state index is 0.00195. The zero-order valence-electron chi connectivity index (χ0n) is 9.01. The molecular weight excluding hydrogens is 258 g/mol. The zero-order valence-corrected chi connectivity index (χ0v) is 10.6.